The summed E-state index contributed by atoms with van der Waals surface area (Å²) in [5.41, 5.74) is 6.10. The normalized spacial score (nSPS) is 10.4. The molecule has 2 N–H and O–H groups in total. The lowest BCUT2D eigenvalue weighted by Gasteiger charge is -2.04. The topological polar surface area (TPSA) is 83.0 Å². The Morgan fingerprint density at radius 2 is 2.21 bits per heavy atom. The zero-order valence-corrected chi connectivity index (χ0v) is 10.3. The minimum atomic E-state index is -0.639. The first-order chi connectivity index (χ1) is 9.13. The van der Waals surface area contributed by atoms with E-state index in [4.69, 9.17) is 10.5 Å². The molecule has 0 aliphatic carbocycles. The highest BCUT2D eigenvalue weighted by atomic mass is 19.1. The van der Waals surface area contributed by atoms with Crippen LogP contribution in [0.1, 0.15) is 23.0 Å². The number of esters is 1. The van der Waals surface area contributed by atoms with Crippen molar-refractivity contribution in [2.24, 2.45) is 0 Å². The molecule has 2 rings (SSSR count). The van der Waals surface area contributed by atoms with Gasteiger partial charge in [0.05, 0.1) is 13.2 Å². The van der Waals surface area contributed by atoms with E-state index in [2.05, 4.69) is 10.3 Å². The Balaban J connectivity index is 2.23. The molecule has 1 aromatic carbocycles. The fraction of sp³-hybridized carbons (Fsp3) is 0.250. The van der Waals surface area contributed by atoms with Crippen molar-refractivity contribution in [3.63, 3.8) is 0 Å². The quantitative estimate of drug-likeness (QED) is 0.839. The lowest BCUT2D eigenvalue weighted by atomic mass is 10.2. The molecular weight excluding hydrogens is 251 g/mol. The summed E-state index contributed by atoms with van der Waals surface area (Å²) in [7, 11) is 0. The number of hydrogen-bond donors (Lipinski definition) is 1. The van der Waals surface area contributed by atoms with Crippen molar-refractivity contribution in [3.05, 3.63) is 41.3 Å². The number of nitrogens with two attached hydrogens (primary N) is 1. The molecule has 0 aliphatic heterocycles. The van der Waals surface area contributed by atoms with Crippen LogP contribution in [0.3, 0.4) is 0 Å². The molecule has 0 amide bonds. The molecule has 0 spiro atoms. The number of aromatic nitrogens is 3. The van der Waals surface area contributed by atoms with Gasteiger partial charge in [0.1, 0.15) is 5.82 Å². The predicted octanol–water partition coefficient (Wildman–Crippen LogP) is 1.22. The minimum Gasteiger partial charge on any atom is -0.461 e. The van der Waals surface area contributed by atoms with Gasteiger partial charge in [-0.1, -0.05) is 23.4 Å². The van der Waals surface area contributed by atoms with E-state index in [0.717, 1.165) is 0 Å². The van der Waals surface area contributed by atoms with E-state index in [1.54, 1.807) is 25.1 Å². The maximum atomic E-state index is 13.5. The monoisotopic (exact) mass is 264 g/mol. The summed E-state index contributed by atoms with van der Waals surface area (Å²) in [6.45, 7) is 2.00. The van der Waals surface area contributed by atoms with Crippen molar-refractivity contribution in [2.45, 2.75) is 13.5 Å². The van der Waals surface area contributed by atoms with E-state index in [-0.39, 0.29) is 30.5 Å². The molecule has 0 fully saturated rings. The summed E-state index contributed by atoms with van der Waals surface area (Å²) in [6.07, 6.45) is 0. The fourth-order valence-corrected chi connectivity index (χ4v) is 1.57. The van der Waals surface area contributed by atoms with Crippen molar-refractivity contribution >= 4 is 11.8 Å². The second kappa shape index (κ2) is 5.47. The molecule has 6 nitrogen and oxygen atoms in total. The second-order valence-electron chi connectivity index (χ2n) is 3.79. The molecule has 0 aliphatic rings. The number of carbonyl (C=O) groups excluding carboxylic acids is 1. The number of nitrogens with zero attached hydrogens (tertiary/aromatic N) is 3. The zero-order valence-electron chi connectivity index (χ0n) is 10.3. The molecule has 1 heterocycles. The van der Waals surface area contributed by atoms with Crippen LogP contribution in [-0.4, -0.2) is 27.6 Å². The van der Waals surface area contributed by atoms with E-state index in [9.17, 15) is 9.18 Å². The third-order valence-electron chi connectivity index (χ3n) is 2.52. The minimum absolute atomic E-state index is 0.0571. The Kier molecular flexibility index (Phi) is 3.74. The van der Waals surface area contributed by atoms with Gasteiger partial charge in [0.25, 0.3) is 0 Å². The van der Waals surface area contributed by atoms with Gasteiger partial charge in [0, 0.05) is 5.56 Å². The molecule has 19 heavy (non-hydrogen) atoms. The first-order valence-corrected chi connectivity index (χ1v) is 5.73. The molecule has 0 saturated heterocycles. The smallest absolute Gasteiger partial charge is 0.362 e. The van der Waals surface area contributed by atoms with Crippen molar-refractivity contribution < 1.29 is 13.9 Å². The summed E-state index contributed by atoms with van der Waals surface area (Å²) in [6, 6.07) is 6.25. The summed E-state index contributed by atoms with van der Waals surface area (Å²) in [5.74, 6) is -0.948. The number of benzene rings is 1. The van der Waals surface area contributed by atoms with Gasteiger partial charge in [-0.3, -0.25) is 0 Å². The van der Waals surface area contributed by atoms with Gasteiger partial charge in [-0.25, -0.2) is 13.9 Å². The van der Waals surface area contributed by atoms with E-state index in [1.165, 1.54) is 10.7 Å². The van der Waals surface area contributed by atoms with Crippen LogP contribution in [0, 0.1) is 5.82 Å². The SMILES string of the molecule is CCOC(=O)c1nnn(Cc2ccccc2F)c1N. The van der Waals surface area contributed by atoms with Crippen LogP contribution >= 0.6 is 0 Å². The van der Waals surface area contributed by atoms with Gasteiger partial charge in [-0.2, -0.15) is 0 Å². The number of nitrogen functional groups attached to an aromatic ring is 1. The Morgan fingerprint density at radius 1 is 1.47 bits per heavy atom. The maximum absolute atomic E-state index is 13.5. The molecule has 7 heteroatoms. The standard InChI is InChI=1S/C12H13FN4O2/c1-2-19-12(18)10-11(14)17(16-15-10)7-8-5-3-4-6-9(8)13/h3-6H,2,7,14H2,1H3. The molecule has 0 bridgehead atoms. The molecular formula is C12H13FN4O2. The van der Waals surface area contributed by atoms with Crippen LogP contribution in [-0.2, 0) is 11.3 Å². The fourth-order valence-electron chi connectivity index (χ4n) is 1.57. The summed E-state index contributed by atoms with van der Waals surface area (Å²) in [5, 5.41) is 7.38. The Hall–Kier alpha value is -2.44. The van der Waals surface area contributed by atoms with Crippen LogP contribution < -0.4 is 5.73 Å². The number of rotatable bonds is 4. The number of ether oxygens (including phenoxy) is 1. The van der Waals surface area contributed by atoms with Gasteiger partial charge in [0.15, 0.2) is 5.82 Å². The molecule has 1 aromatic heterocycles. The van der Waals surface area contributed by atoms with Crippen LogP contribution in [0.15, 0.2) is 24.3 Å². The van der Waals surface area contributed by atoms with Crippen molar-refractivity contribution in [1.29, 1.82) is 0 Å². The summed E-state index contributed by atoms with van der Waals surface area (Å²) < 4.78 is 19.5. The average molecular weight is 264 g/mol. The number of anilines is 1. The average Bonchev–Trinajstić information content (AvgIpc) is 2.74. The molecule has 0 atom stereocenters. The summed E-state index contributed by atoms with van der Waals surface area (Å²) >= 11 is 0. The Labute approximate surface area is 109 Å². The van der Waals surface area contributed by atoms with Gasteiger partial charge >= 0.3 is 5.97 Å². The van der Waals surface area contributed by atoms with Gasteiger partial charge < -0.3 is 10.5 Å². The number of halogens is 1. The zero-order chi connectivity index (χ0) is 13.8. The lowest BCUT2D eigenvalue weighted by molar-refractivity contribution is 0.0520. The van der Waals surface area contributed by atoms with E-state index >= 15 is 0 Å². The highest BCUT2D eigenvalue weighted by Gasteiger charge is 2.19. The predicted molar refractivity (Wildman–Crippen MR) is 65.9 cm³/mol. The van der Waals surface area contributed by atoms with Crippen LogP contribution in [0.2, 0.25) is 0 Å². The van der Waals surface area contributed by atoms with Gasteiger partial charge in [-0.15, -0.1) is 5.10 Å². The van der Waals surface area contributed by atoms with Crippen LogP contribution in [0.4, 0.5) is 10.2 Å². The van der Waals surface area contributed by atoms with Crippen LogP contribution in [0.25, 0.3) is 0 Å². The van der Waals surface area contributed by atoms with Crippen molar-refractivity contribution in [2.75, 3.05) is 12.3 Å². The third kappa shape index (κ3) is 2.70. The van der Waals surface area contributed by atoms with Gasteiger partial charge in [-0.05, 0) is 13.0 Å². The van der Waals surface area contributed by atoms with E-state index in [1.807, 2.05) is 0 Å². The molecule has 0 radical (unpaired) electrons. The summed E-state index contributed by atoms with van der Waals surface area (Å²) in [4.78, 5) is 11.5. The molecule has 0 unspecified atom stereocenters. The lowest BCUT2D eigenvalue weighted by Crippen LogP contribution is -2.11. The number of carbonyl (C=O) groups is 1. The molecule has 0 saturated carbocycles. The number of hydrogen-bond acceptors (Lipinski definition) is 5. The molecule has 100 valence electrons. The maximum Gasteiger partial charge on any atom is 0.362 e. The van der Waals surface area contributed by atoms with Gasteiger partial charge in [0.2, 0.25) is 5.69 Å². The largest absolute Gasteiger partial charge is 0.461 e. The Bertz CT molecular complexity index is 597. The highest BCUT2D eigenvalue weighted by Crippen LogP contribution is 2.13. The first kappa shape index (κ1) is 13.0. The van der Waals surface area contributed by atoms with E-state index in [0.29, 0.717) is 5.56 Å². The Morgan fingerprint density at radius 3 is 2.89 bits per heavy atom. The first-order valence-electron chi connectivity index (χ1n) is 5.73. The molecule has 2 aromatic rings. The highest BCUT2D eigenvalue weighted by molar-refractivity contribution is 5.91. The third-order valence-corrected chi connectivity index (χ3v) is 2.52. The van der Waals surface area contributed by atoms with E-state index < -0.39 is 5.97 Å². The second-order valence-corrected chi connectivity index (χ2v) is 3.79. The van der Waals surface area contributed by atoms with Crippen molar-refractivity contribution in [3.8, 4) is 0 Å². The van der Waals surface area contributed by atoms with Crippen molar-refractivity contribution in [1.82, 2.24) is 15.0 Å². The van der Waals surface area contributed by atoms with Crippen LogP contribution in [0.5, 0.6) is 0 Å².